The van der Waals surface area contributed by atoms with Crippen molar-refractivity contribution in [3.05, 3.63) is 82.9 Å². The Kier molecular flexibility index (Phi) is 12.2. The normalized spacial score (nSPS) is 18.7. The van der Waals surface area contributed by atoms with Crippen LogP contribution in [0.5, 0.6) is 0 Å². The topological polar surface area (TPSA) is 155 Å². The van der Waals surface area contributed by atoms with Gasteiger partial charge in [0.1, 0.15) is 18.0 Å². The summed E-state index contributed by atoms with van der Waals surface area (Å²) in [5.41, 5.74) is 3.78. The van der Waals surface area contributed by atoms with Crippen LogP contribution in [-0.4, -0.2) is 84.9 Å². The van der Waals surface area contributed by atoms with E-state index in [-0.39, 0.29) is 19.3 Å². The van der Waals surface area contributed by atoms with Crippen molar-refractivity contribution >= 4 is 18.4 Å². The number of aromatic nitrogens is 4. The maximum absolute atomic E-state index is 13.5. The lowest BCUT2D eigenvalue weighted by Crippen LogP contribution is -2.57. The van der Waals surface area contributed by atoms with Crippen LogP contribution in [0.25, 0.3) is 5.57 Å². The molecule has 0 saturated heterocycles. The van der Waals surface area contributed by atoms with E-state index in [1.54, 1.807) is 13.2 Å². The SMILES string of the molecule is C=NN(C)C(=O)OCCC1(c2noc(COC)n2)N[C@@H](CN/C=C(\CNC)c2ccc(F)cn2)Cc2c(CC(C)/C=C\C)c[nH]c21. The molecule has 0 fully saturated rings. The van der Waals surface area contributed by atoms with Crippen LogP contribution in [0.2, 0.25) is 0 Å². The predicted octanol–water partition coefficient (Wildman–Crippen LogP) is 3.52. The molecule has 248 valence electrons. The Morgan fingerprint density at radius 1 is 1.41 bits per heavy atom. The molecule has 46 heavy (non-hydrogen) atoms. The first-order valence-corrected chi connectivity index (χ1v) is 15.2. The molecule has 13 nitrogen and oxygen atoms in total. The number of likely N-dealkylation sites (N-methyl/N-ethyl adjacent to an activating group) is 1. The van der Waals surface area contributed by atoms with Crippen molar-refractivity contribution in [3.8, 4) is 0 Å². The Morgan fingerprint density at radius 3 is 2.93 bits per heavy atom. The van der Waals surface area contributed by atoms with Crippen LogP contribution in [0, 0.1) is 11.7 Å². The highest BCUT2D eigenvalue weighted by Crippen LogP contribution is 2.39. The van der Waals surface area contributed by atoms with E-state index >= 15 is 0 Å². The average Bonchev–Trinajstić information content (AvgIpc) is 3.69. The summed E-state index contributed by atoms with van der Waals surface area (Å²) in [5.74, 6) is 0.655. The van der Waals surface area contributed by atoms with E-state index in [0.29, 0.717) is 49.3 Å². The third-order valence-corrected chi connectivity index (χ3v) is 7.83. The molecule has 0 aromatic carbocycles. The predicted molar refractivity (Wildman–Crippen MR) is 172 cm³/mol. The van der Waals surface area contributed by atoms with Gasteiger partial charge < -0.3 is 29.6 Å². The van der Waals surface area contributed by atoms with Gasteiger partial charge in [0, 0.05) is 70.1 Å². The highest BCUT2D eigenvalue weighted by Gasteiger charge is 2.47. The first kappa shape index (κ1) is 34.5. The third-order valence-electron chi connectivity index (χ3n) is 7.83. The number of fused-ring (bicyclic) bond motifs is 1. The lowest BCUT2D eigenvalue weighted by atomic mass is 9.79. The number of ether oxygens (including phenoxy) is 2. The van der Waals surface area contributed by atoms with E-state index in [2.05, 4.69) is 62.0 Å². The van der Waals surface area contributed by atoms with Crippen molar-refractivity contribution in [1.82, 2.24) is 41.1 Å². The van der Waals surface area contributed by atoms with Crippen LogP contribution in [0.3, 0.4) is 0 Å². The second-order valence-corrected chi connectivity index (χ2v) is 11.3. The number of hydrogen-bond acceptors (Lipinski definition) is 11. The molecule has 0 radical (unpaired) electrons. The molecule has 3 atom stereocenters. The fourth-order valence-electron chi connectivity index (χ4n) is 5.71. The van der Waals surface area contributed by atoms with E-state index in [4.69, 9.17) is 19.0 Å². The molecule has 4 heterocycles. The van der Waals surface area contributed by atoms with E-state index in [1.807, 2.05) is 26.4 Å². The number of carbonyl (C=O) groups excluding carboxylic acids is 1. The summed E-state index contributed by atoms with van der Waals surface area (Å²) in [6.07, 6.45) is 10.6. The van der Waals surface area contributed by atoms with Crippen LogP contribution < -0.4 is 16.0 Å². The van der Waals surface area contributed by atoms with Crippen LogP contribution in [0.15, 0.2) is 52.5 Å². The maximum atomic E-state index is 13.5. The molecule has 0 spiro atoms. The number of carbonyl (C=O) groups is 1. The molecule has 2 unspecified atom stereocenters. The lowest BCUT2D eigenvalue weighted by Gasteiger charge is -2.40. The molecule has 0 saturated carbocycles. The first-order chi connectivity index (χ1) is 22.2. The van der Waals surface area contributed by atoms with Gasteiger partial charge in [-0.2, -0.15) is 10.1 Å². The molecule has 14 heteroatoms. The molecular weight excluding hydrogens is 593 g/mol. The second-order valence-electron chi connectivity index (χ2n) is 11.3. The minimum Gasteiger partial charge on any atom is -0.448 e. The number of halogens is 1. The van der Waals surface area contributed by atoms with Crippen molar-refractivity contribution in [3.63, 3.8) is 0 Å². The number of aromatic amines is 1. The number of pyridine rings is 1. The molecule has 0 bridgehead atoms. The molecule has 4 rings (SSSR count). The van der Waals surface area contributed by atoms with Crippen molar-refractivity contribution in [2.45, 2.75) is 51.3 Å². The van der Waals surface area contributed by atoms with E-state index < -0.39 is 17.4 Å². The smallest absolute Gasteiger partial charge is 0.430 e. The molecule has 1 amide bonds. The Bertz CT molecular complexity index is 1500. The summed E-state index contributed by atoms with van der Waals surface area (Å²) in [5, 5.41) is 19.4. The number of allylic oxidation sites excluding steroid dienone is 2. The molecule has 3 aromatic rings. The third kappa shape index (κ3) is 8.24. The quantitative estimate of drug-likeness (QED) is 0.104. The van der Waals surface area contributed by atoms with Crippen molar-refractivity contribution < 1.29 is 23.2 Å². The Balaban J connectivity index is 1.71. The van der Waals surface area contributed by atoms with Crippen LogP contribution in [-0.2, 0) is 34.5 Å². The molecule has 4 N–H and O–H groups in total. The first-order valence-electron chi connectivity index (χ1n) is 15.2. The highest BCUT2D eigenvalue weighted by atomic mass is 19.1. The van der Waals surface area contributed by atoms with Gasteiger partial charge in [0.05, 0.1) is 18.5 Å². The fraction of sp³-hybridized carbons (Fsp3) is 0.469. The van der Waals surface area contributed by atoms with Gasteiger partial charge in [-0.25, -0.2) is 14.2 Å². The standard InChI is InChI=1S/C32H44FN9O4/c1-7-8-21(2)13-22-17-38-29-26(22)14-25(19-36-16-23(15-34-3)27-10-9-24(33)18-37-27)40-32(29,11-12-45-31(43)42(5)35-4)30-39-28(20-44-6)46-41-30/h7-10,16-18,21,25,34,36,38,40H,4,11-15,19-20H2,1-3,5-6H3/b8-7-,23-16+/t21?,25-,32?/m1/s1. The van der Waals surface area contributed by atoms with Crippen molar-refractivity contribution in [2.75, 3.05) is 40.9 Å². The van der Waals surface area contributed by atoms with Gasteiger partial charge in [-0.05, 0) is 56.0 Å². The highest BCUT2D eigenvalue weighted by molar-refractivity contribution is 5.67. The zero-order valence-corrected chi connectivity index (χ0v) is 27.1. The molecule has 0 aliphatic carbocycles. The Morgan fingerprint density at radius 2 is 2.24 bits per heavy atom. The zero-order chi connectivity index (χ0) is 33.1. The average molecular weight is 638 g/mol. The number of methoxy groups -OCH3 is 1. The maximum Gasteiger partial charge on any atom is 0.430 e. The number of hydrogen-bond donors (Lipinski definition) is 4. The monoisotopic (exact) mass is 637 g/mol. The Hall–Kier alpha value is -4.40. The van der Waals surface area contributed by atoms with Gasteiger partial charge in [-0.1, -0.05) is 24.2 Å². The van der Waals surface area contributed by atoms with Crippen molar-refractivity contribution in [1.29, 1.82) is 0 Å². The number of hydrazone groups is 1. The number of H-pyrrole nitrogens is 1. The van der Waals surface area contributed by atoms with Crippen LogP contribution >= 0.6 is 0 Å². The van der Waals surface area contributed by atoms with Crippen LogP contribution in [0.1, 0.15) is 54.5 Å². The van der Waals surface area contributed by atoms with Gasteiger partial charge in [0.2, 0.25) is 0 Å². The van der Waals surface area contributed by atoms with Gasteiger partial charge in [0.15, 0.2) is 5.82 Å². The van der Waals surface area contributed by atoms with Crippen LogP contribution in [0.4, 0.5) is 9.18 Å². The summed E-state index contributed by atoms with van der Waals surface area (Å²) in [4.78, 5) is 24.9. The minimum atomic E-state index is -0.992. The van der Waals surface area contributed by atoms with Gasteiger partial charge in [-0.15, -0.1) is 0 Å². The fourth-order valence-corrected chi connectivity index (χ4v) is 5.71. The van der Waals surface area contributed by atoms with E-state index in [0.717, 1.165) is 28.3 Å². The summed E-state index contributed by atoms with van der Waals surface area (Å²) in [6.45, 7) is 8.84. The summed E-state index contributed by atoms with van der Waals surface area (Å²) < 4.78 is 29.9. The molecule has 1 aliphatic heterocycles. The summed E-state index contributed by atoms with van der Waals surface area (Å²) in [7, 11) is 4.87. The molecular formula is C32H44FN9O4. The molecule has 1 aliphatic rings. The second kappa shape index (κ2) is 16.2. The summed E-state index contributed by atoms with van der Waals surface area (Å²) >= 11 is 0. The number of nitrogens with one attached hydrogen (secondary N) is 4. The van der Waals surface area contributed by atoms with Gasteiger partial charge >= 0.3 is 6.09 Å². The summed E-state index contributed by atoms with van der Waals surface area (Å²) in [6, 6.07) is 2.94. The minimum absolute atomic E-state index is 0.0330. The van der Waals surface area contributed by atoms with Crippen molar-refractivity contribution in [2.24, 2.45) is 11.0 Å². The van der Waals surface area contributed by atoms with E-state index in [1.165, 1.54) is 24.9 Å². The van der Waals surface area contributed by atoms with Gasteiger partial charge in [0.25, 0.3) is 5.89 Å². The largest absolute Gasteiger partial charge is 0.448 e. The van der Waals surface area contributed by atoms with Gasteiger partial charge in [-0.3, -0.25) is 10.3 Å². The number of nitrogens with zero attached hydrogens (tertiary/aromatic N) is 5. The number of amides is 1. The Labute approximate surface area is 268 Å². The molecule has 3 aromatic heterocycles. The van der Waals surface area contributed by atoms with E-state index in [9.17, 15) is 9.18 Å². The lowest BCUT2D eigenvalue weighted by molar-refractivity contribution is 0.0990. The number of rotatable bonds is 16. The zero-order valence-electron chi connectivity index (χ0n) is 27.1.